The fourth-order valence-corrected chi connectivity index (χ4v) is 3.07. The Morgan fingerprint density at radius 3 is 2.37 bits per heavy atom. The number of benzene rings is 1. The predicted octanol–water partition coefficient (Wildman–Crippen LogP) is 3.82. The second-order valence-electron chi connectivity index (χ2n) is 5.17. The molecule has 0 bridgehead atoms. The van der Waals surface area contributed by atoms with Gasteiger partial charge >= 0.3 is 0 Å². The van der Waals surface area contributed by atoms with Crippen LogP contribution < -0.4 is 5.73 Å². The highest BCUT2D eigenvalue weighted by atomic mass is 127. The number of rotatable bonds is 2. The minimum atomic E-state index is 0.584. The van der Waals surface area contributed by atoms with E-state index in [2.05, 4.69) is 59.6 Å². The summed E-state index contributed by atoms with van der Waals surface area (Å²) in [5, 5.41) is 0. The van der Waals surface area contributed by atoms with Gasteiger partial charge < -0.3 is 5.73 Å². The molecule has 1 aliphatic rings. The van der Waals surface area contributed by atoms with Crippen LogP contribution in [0.1, 0.15) is 35.6 Å². The van der Waals surface area contributed by atoms with Crippen LogP contribution in [0.25, 0.3) is 11.4 Å². The summed E-state index contributed by atoms with van der Waals surface area (Å²) in [5.74, 6) is 1.96. The summed E-state index contributed by atoms with van der Waals surface area (Å²) in [5.41, 5.74) is 10.7. The van der Waals surface area contributed by atoms with E-state index in [1.165, 1.54) is 24.0 Å². The number of hydrogen-bond donors (Lipinski definition) is 1. The van der Waals surface area contributed by atoms with Gasteiger partial charge in [-0.15, -0.1) is 0 Å². The van der Waals surface area contributed by atoms with Crippen LogP contribution in [0.2, 0.25) is 0 Å². The average molecular weight is 365 g/mol. The Balaban J connectivity index is 2.20. The SMILES string of the molecule is Cc1cccc(C)c1-c1nc(N)c(I)c(C2CC2)n1. The second-order valence-corrected chi connectivity index (χ2v) is 6.25. The van der Waals surface area contributed by atoms with Crippen LogP contribution in [0, 0.1) is 17.4 Å². The highest BCUT2D eigenvalue weighted by molar-refractivity contribution is 14.1. The Labute approximate surface area is 126 Å². The molecule has 2 aromatic rings. The lowest BCUT2D eigenvalue weighted by molar-refractivity contribution is 0.980. The van der Waals surface area contributed by atoms with Crippen molar-refractivity contribution in [3.8, 4) is 11.4 Å². The maximum atomic E-state index is 6.07. The zero-order valence-corrected chi connectivity index (χ0v) is 13.2. The number of aryl methyl sites for hydroxylation is 2. The summed E-state index contributed by atoms with van der Waals surface area (Å²) >= 11 is 2.26. The van der Waals surface area contributed by atoms with Gasteiger partial charge in [0.2, 0.25) is 0 Å². The van der Waals surface area contributed by atoms with Crippen molar-refractivity contribution in [2.45, 2.75) is 32.6 Å². The molecule has 19 heavy (non-hydrogen) atoms. The van der Waals surface area contributed by atoms with Crippen molar-refractivity contribution in [2.75, 3.05) is 5.73 Å². The van der Waals surface area contributed by atoms with Gasteiger partial charge in [-0.2, -0.15) is 0 Å². The topological polar surface area (TPSA) is 51.8 Å². The molecule has 1 aliphatic carbocycles. The zero-order chi connectivity index (χ0) is 13.6. The van der Waals surface area contributed by atoms with E-state index in [-0.39, 0.29) is 0 Å². The van der Waals surface area contributed by atoms with E-state index in [9.17, 15) is 0 Å². The third kappa shape index (κ3) is 2.33. The highest BCUT2D eigenvalue weighted by Crippen LogP contribution is 2.42. The van der Waals surface area contributed by atoms with Crippen molar-refractivity contribution in [1.29, 1.82) is 0 Å². The van der Waals surface area contributed by atoms with Crippen LogP contribution >= 0.6 is 22.6 Å². The Morgan fingerprint density at radius 2 is 1.79 bits per heavy atom. The van der Waals surface area contributed by atoms with E-state index in [0.29, 0.717) is 11.7 Å². The molecule has 0 spiro atoms. The normalized spacial score (nSPS) is 14.7. The fourth-order valence-electron chi connectivity index (χ4n) is 2.39. The summed E-state index contributed by atoms with van der Waals surface area (Å²) in [6.45, 7) is 4.19. The third-order valence-electron chi connectivity index (χ3n) is 3.57. The Hall–Kier alpha value is -1.17. The minimum Gasteiger partial charge on any atom is -0.383 e. The van der Waals surface area contributed by atoms with E-state index in [4.69, 9.17) is 10.7 Å². The molecule has 3 nitrogen and oxygen atoms in total. The van der Waals surface area contributed by atoms with Crippen LogP contribution in [0.3, 0.4) is 0 Å². The lowest BCUT2D eigenvalue weighted by atomic mass is 10.0. The molecule has 0 radical (unpaired) electrons. The number of aromatic nitrogens is 2. The van der Waals surface area contributed by atoms with E-state index >= 15 is 0 Å². The summed E-state index contributed by atoms with van der Waals surface area (Å²) in [6, 6.07) is 6.25. The molecule has 0 aliphatic heterocycles. The summed E-state index contributed by atoms with van der Waals surface area (Å²) in [4.78, 5) is 9.28. The van der Waals surface area contributed by atoms with Crippen LogP contribution in [-0.4, -0.2) is 9.97 Å². The molecule has 2 N–H and O–H groups in total. The van der Waals surface area contributed by atoms with E-state index in [0.717, 1.165) is 20.7 Å². The molecule has 1 saturated carbocycles. The van der Waals surface area contributed by atoms with Crippen LogP contribution in [0.15, 0.2) is 18.2 Å². The van der Waals surface area contributed by atoms with E-state index in [1.807, 2.05) is 0 Å². The molecule has 1 heterocycles. The van der Waals surface area contributed by atoms with Crippen LogP contribution in [0.4, 0.5) is 5.82 Å². The van der Waals surface area contributed by atoms with Gasteiger partial charge in [-0.1, -0.05) is 18.2 Å². The summed E-state index contributed by atoms with van der Waals surface area (Å²) < 4.78 is 1.02. The quantitative estimate of drug-likeness (QED) is 0.824. The molecule has 0 atom stereocenters. The van der Waals surface area contributed by atoms with Gasteiger partial charge in [-0.3, -0.25) is 0 Å². The van der Waals surface area contributed by atoms with Crippen molar-refractivity contribution in [1.82, 2.24) is 9.97 Å². The Kier molecular flexibility index (Phi) is 3.20. The number of anilines is 1. The fraction of sp³-hybridized carbons (Fsp3) is 0.333. The Bertz CT molecular complexity index is 628. The first-order valence-corrected chi connectivity index (χ1v) is 7.55. The molecule has 3 rings (SSSR count). The van der Waals surface area contributed by atoms with Gasteiger partial charge in [-0.25, -0.2) is 9.97 Å². The first-order chi connectivity index (χ1) is 9.08. The molecular weight excluding hydrogens is 349 g/mol. The predicted molar refractivity (Wildman–Crippen MR) is 86.0 cm³/mol. The number of hydrogen-bond acceptors (Lipinski definition) is 3. The maximum Gasteiger partial charge on any atom is 0.162 e. The smallest absolute Gasteiger partial charge is 0.162 e. The lowest BCUT2D eigenvalue weighted by Gasteiger charge is -2.12. The third-order valence-corrected chi connectivity index (χ3v) is 4.68. The van der Waals surface area contributed by atoms with Crippen molar-refractivity contribution in [2.24, 2.45) is 0 Å². The maximum absolute atomic E-state index is 6.07. The average Bonchev–Trinajstić information content (AvgIpc) is 3.17. The van der Waals surface area contributed by atoms with Gasteiger partial charge in [0.1, 0.15) is 5.82 Å². The molecule has 1 aromatic carbocycles. The van der Waals surface area contributed by atoms with Gasteiger partial charge in [0, 0.05) is 11.5 Å². The lowest BCUT2D eigenvalue weighted by Crippen LogP contribution is -2.05. The second kappa shape index (κ2) is 4.74. The van der Waals surface area contributed by atoms with Gasteiger partial charge in [-0.05, 0) is 60.4 Å². The molecule has 0 unspecified atom stereocenters. The molecule has 98 valence electrons. The van der Waals surface area contributed by atoms with E-state index < -0.39 is 0 Å². The number of nitrogens with zero attached hydrogens (tertiary/aromatic N) is 2. The first-order valence-electron chi connectivity index (χ1n) is 6.47. The van der Waals surface area contributed by atoms with Gasteiger partial charge in [0.05, 0.1) is 9.26 Å². The number of nitrogens with two attached hydrogens (primary N) is 1. The minimum absolute atomic E-state index is 0.584. The molecule has 4 heteroatoms. The monoisotopic (exact) mass is 365 g/mol. The molecular formula is C15H16IN3. The Morgan fingerprint density at radius 1 is 1.16 bits per heavy atom. The van der Waals surface area contributed by atoms with Crippen LogP contribution in [0.5, 0.6) is 0 Å². The van der Waals surface area contributed by atoms with Crippen molar-refractivity contribution >= 4 is 28.4 Å². The molecule has 0 saturated heterocycles. The first kappa shape index (κ1) is 12.8. The van der Waals surface area contributed by atoms with Gasteiger partial charge in [0.15, 0.2) is 5.82 Å². The standard InChI is InChI=1S/C15H16IN3/c1-8-4-3-5-9(2)11(8)15-18-13(10-6-7-10)12(16)14(17)19-15/h3-5,10H,6-7H2,1-2H3,(H2,17,18,19). The number of nitrogen functional groups attached to an aromatic ring is 1. The molecule has 1 aromatic heterocycles. The van der Waals surface area contributed by atoms with Gasteiger partial charge in [0.25, 0.3) is 0 Å². The number of halogens is 1. The highest BCUT2D eigenvalue weighted by Gasteiger charge is 2.29. The largest absolute Gasteiger partial charge is 0.383 e. The van der Waals surface area contributed by atoms with Crippen molar-refractivity contribution in [3.05, 3.63) is 38.6 Å². The summed E-state index contributed by atoms with van der Waals surface area (Å²) in [6.07, 6.45) is 2.44. The summed E-state index contributed by atoms with van der Waals surface area (Å²) in [7, 11) is 0. The van der Waals surface area contributed by atoms with Crippen LogP contribution in [-0.2, 0) is 0 Å². The van der Waals surface area contributed by atoms with Crippen molar-refractivity contribution < 1.29 is 0 Å². The molecule has 0 amide bonds. The zero-order valence-electron chi connectivity index (χ0n) is 11.1. The van der Waals surface area contributed by atoms with E-state index in [1.54, 1.807) is 0 Å². The molecule has 1 fully saturated rings. The van der Waals surface area contributed by atoms with Crippen molar-refractivity contribution in [3.63, 3.8) is 0 Å².